The summed E-state index contributed by atoms with van der Waals surface area (Å²) in [5, 5.41) is 8.83. The van der Waals surface area contributed by atoms with Crippen LogP contribution >= 0.6 is 0 Å². The SMILES string of the molecule is CC1CCC(CC(=O)O)(C(C)N)CO1. The molecule has 4 nitrogen and oxygen atoms in total. The lowest BCUT2D eigenvalue weighted by Gasteiger charge is -2.41. The number of hydrogen-bond acceptors (Lipinski definition) is 3. The summed E-state index contributed by atoms with van der Waals surface area (Å²) in [6.45, 7) is 4.34. The van der Waals surface area contributed by atoms with Crippen LogP contribution in [0.15, 0.2) is 0 Å². The van der Waals surface area contributed by atoms with Gasteiger partial charge in [0.15, 0.2) is 0 Å². The predicted octanol–water partition coefficient (Wildman–Crippen LogP) is 0.994. The van der Waals surface area contributed by atoms with Crippen LogP contribution in [-0.4, -0.2) is 29.8 Å². The van der Waals surface area contributed by atoms with Crippen LogP contribution in [0.25, 0.3) is 0 Å². The van der Waals surface area contributed by atoms with Gasteiger partial charge in [0, 0.05) is 11.5 Å². The molecule has 0 bridgehead atoms. The van der Waals surface area contributed by atoms with E-state index in [4.69, 9.17) is 15.6 Å². The third kappa shape index (κ3) is 2.45. The normalized spacial score (nSPS) is 35.2. The second-order valence-electron chi connectivity index (χ2n) is 4.38. The van der Waals surface area contributed by atoms with Crippen molar-refractivity contribution in [1.82, 2.24) is 0 Å². The first kappa shape index (κ1) is 11.5. The van der Waals surface area contributed by atoms with Crippen LogP contribution in [0.4, 0.5) is 0 Å². The third-order valence-electron chi connectivity index (χ3n) is 3.17. The highest BCUT2D eigenvalue weighted by molar-refractivity contribution is 5.67. The molecule has 1 aliphatic rings. The van der Waals surface area contributed by atoms with Crippen molar-refractivity contribution < 1.29 is 14.6 Å². The minimum absolute atomic E-state index is 0.109. The Balaban J connectivity index is 2.68. The Labute approximate surface area is 84.4 Å². The Hall–Kier alpha value is -0.610. The topological polar surface area (TPSA) is 72.5 Å². The highest BCUT2D eigenvalue weighted by atomic mass is 16.5. The maximum Gasteiger partial charge on any atom is 0.304 e. The van der Waals surface area contributed by atoms with Gasteiger partial charge in [-0.3, -0.25) is 4.79 Å². The summed E-state index contributed by atoms with van der Waals surface area (Å²) in [5.74, 6) is -0.791. The van der Waals surface area contributed by atoms with E-state index in [0.717, 1.165) is 12.8 Å². The van der Waals surface area contributed by atoms with Crippen molar-refractivity contribution in [3.8, 4) is 0 Å². The Kier molecular flexibility index (Phi) is 3.50. The average molecular weight is 201 g/mol. The van der Waals surface area contributed by atoms with E-state index < -0.39 is 5.97 Å². The van der Waals surface area contributed by atoms with E-state index in [2.05, 4.69) is 0 Å². The van der Waals surface area contributed by atoms with E-state index in [0.29, 0.717) is 6.61 Å². The average Bonchev–Trinajstić information content (AvgIpc) is 2.08. The number of carboxylic acid groups (broad SMARTS) is 1. The van der Waals surface area contributed by atoms with Crippen molar-refractivity contribution in [2.45, 2.75) is 45.3 Å². The number of carbonyl (C=O) groups is 1. The second-order valence-corrected chi connectivity index (χ2v) is 4.38. The van der Waals surface area contributed by atoms with Crippen molar-refractivity contribution in [2.75, 3.05) is 6.61 Å². The molecule has 3 N–H and O–H groups in total. The van der Waals surface area contributed by atoms with Crippen molar-refractivity contribution in [1.29, 1.82) is 0 Å². The zero-order valence-electron chi connectivity index (χ0n) is 8.82. The standard InChI is InChI=1S/C10H19NO3/c1-7-3-4-10(6-14-7,8(2)11)5-9(12)13/h7-8H,3-6,11H2,1-2H3,(H,12,13). The molecular formula is C10H19NO3. The lowest BCUT2D eigenvalue weighted by Crippen LogP contribution is -2.48. The molecule has 1 rings (SSSR count). The van der Waals surface area contributed by atoms with Crippen molar-refractivity contribution >= 4 is 5.97 Å². The second kappa shape index (κ2) is 4.28. The van der Waals surface area contributed by atoms with Gasteiger partial charge in [-0.1, -0.05) is 0 Å². The summed E-state index contributed by atoms with van der Waals surface area (Å²) < 4.78 is 5.51. The van der Waals surface area contributed by atoms with Crippen molar-refractivity contribution in [2.24, 2.45) is 11.1 Å². The summed E-state index contributed by atoms with van der Waals surface area (Å²) in [5.41, 5.74) is 5.49. The quantitative estimate of drug-likeness (QED) is 0.714. The first-order valence-electron chi connectivity index (χ1n) is 5.05. The highest BCUT2D eigenvalue weighted by Crippen LogP contribution is 2.36. The van der Waals surface area contributed by atoms with Gasteiger partial charge < -0.3 is 15.6 Å². The van der Waals surface area contributed by atoms with Crippen LogP contribution in [0.3, 0.4) is 0 Å². The fraction of sp³-hybridized carbons (Fsp3) is 0.900. The fourth-order valence-corrected chi connectivity index (χ4v) is 1.92. The molecule has 4 heteroatoms. The molecule has 0 saturated carbocycles. The molecular weight excluding hydrogens is 182 g/mol. The van der Waals surface area contributed by atoms with E-state index >= 15 is 0 Å². The van der Waals surface area contributed by atoms with Crippen molar-refractivity contribution in [3.05, 3.63) is 0 Å². The minimum Gasteiger partial charge on any atom is -0.481 e. The molecule has 0 aromatic carbocycles. The van der Waals surface area contributed by atoms with E-state index in [1.54, 1.807) is 0 Å². The summed E-state index contributed by atoms with van der Waals surface area (Å²) in [4.78, 5) is 10.7. The van der Waals surface area contributed by atoms with E-state index in [9.17, 15) is 4.79 Å². The van der Waals surface area contributed by atoms with Gasteiger partial charge in [-0.05, 0) is 26.7 Å². The Morgan fingerprint density at radius 3 is 2.79 bits per heavy atom. The number of rotatable bonds is 3. The summed E-state index contributed by atoms with van der Waals surface area (Å²) in [6, 6.07) is -0.133. The molecule has 0 aromatic rings. The van der Waals surface area contributed by atoms with Gasteiger partial charge in [0.1, 0.15) is 0 Å². The number of hydrogen-bond donors (Lipinski definition) is 2. The molecule has 3 atom stereocenters. The largest absolute Gasteiger partial charge is 0.481 e. The van der Waals surface area contributed by atoms with E-state index in [1.165, 1.54) is 0 Å². The van der Waals surface area contributed by atoms with Crippen LogP contribution < -0.4 is 5.73 Å². The Morgan fingerprint density at radius 2 is 2.43 bits per heavy atom. The fourth-order valence-electron chi connectivity index (χ4n) is 1.92. The van der Waals surface area contributed by atoms with Gasteiger partial charge >= 0.3 is 5.97 Å². The molecule has 0 spiro atoms. The van der Waals surface area contributed by atoms with E-state index in [-0.39, 0.29) is 24.0 Å². The zero-order chi connectivity index (χ0) is 10.8. The smallest absolute Gasteiger partial charge is 0.304 e. The lowest BCUT2D eigenvalue weighted by atomic mass is 9.73. The molecule has 0 aromatic heterocycles. The first-order chi connectivity index (χ1) is 6.46. The molecule has 0 amide bonds. The van der Waals surface area contributed by atoms with Gasteiger partial charge in [-0.25, -0.2) is 0 Å². The Morgan fingerprint density at radius 1 is 1.79 bits per heavy atom. The van der Waals surface area contributed by atoms with Gasteiger partial charge in [0.2, 0.25) is 0 Å². The number of nitrogens with two attached hydrogens (primary N) is 1. The van der Waals surface area contributed by atoms with Gasteiger partial charge in [-0.15, -0.1) is 0 Å². The number of ether oxygens (including phenoxy) is 1. The summed E-state index contributed by atoms with van der Waals surface area (Å²) in [6.07, 6.45) is 2.08. The highest BCUT2D eigenvalue weighted by Gasteiger charge is 2.40. The maximum atomic E-state index is 10.7. The zero-order valence-corrected chi connectivity index (χ0v) is 8.82. The lowest BCUT2D eigenvalue weighted by molar-refractivity contribution is -0.145. The molecule has 0 aliphatic carbocycles. The third-order valence-corrected chi connectivity index (χ3v) is 3.17. The van der Waals surface area contributed by atoms with Gasteiger partial charge in [-0.2, -0.15) is 0 Å². The van der Waals surface area contributed by atoms with E-state index in [1.807, 2.05) is 13.8 Å². The van der Waals surface area contributed by atoms with Gasteiger partial charge in [0.25, 0.3) is 0 Å². The minimum atomic E-state index is -0.791. The molecule has 1 aliphatic heterocycles. The van der Waals surface area contributed by atoms with Crippen LogP contribution in [0.1, 0.15) is 33.1 Å². The van der Waals surface area contributed by atoms with Crippen LogP contribution in [0.5, 0.6) is 0 Å². The first-order valence-corrected chi connectivity index (χ1v) is 5.05. The number of aliphatic carboxylic acids is 1. The molecule has 0 radical (unpaired) electrons. The van der Waals surface area contributed by atoms with Crippen LogP contribution in [0, 0.1) is 5.41 Å². The molecule has 3 unspecified atom stereocenters. The Bertz CT molecular complexity index is 207. The summed E-state index contributed by atoms with van der Waals surface area (Å²) in [7, 11) is 0. The van der Waals surface area contributed by atoms with Gasteiger partial charge in [0.05, 0.1) is 19.1 Å². The molecule has 1 saturated heterocycles. The maximum absolute atomic E-state index is 10.7. The van der Waals surface area contributed by atoms with Crippen LogP contribution in [0.2, 0.25) is 0 Å². The van der Waals surface area contributed by atoms with Crippen LogP contribution in [-0.2, 0) is 9.53 Å². The van der Waals surface area contributed by atoms with Crippen molar-refractivity contribution in [3.63, 3.8) is 0 Å². The molecule has 1 heterocycles. The molecule has 14 heavy (non-hydrogen) atoms. The number of carboxylic acids is 1. The predicted molar refractivity (Wildman–Crippen MR) is 53.0 cm³/mol. The summed E-state index contributed by atoms with van der Waals surface area (Å²) >= 11 is 0. The monoisotopic (exact) mass is 201 g/mol. The molecule has 1 fully saturated rings. The molecule has 82 valence electrons.